The predicted molar refractivity (Wildman–Crippen MR) is 72.9 cm³/mol. The van der Waals surface area contributed by atoms with Gasteiger partial charge in [0.2, 0.25) is 5.91 Å². The SMILES string of the molecule is Cc1ccc(N2C(=O)NC3CCCCC3C2=O)cc1. The maximum atomic E-state index is 12.5. The fraction of sp³-hybridized carbons (Fsp3) is 0.467. The highest BCUT2D eigenvalue weighted by Crippen LogP contribution is 2.31. The molecule has 0 spiro atoms. The third-order valence-electron chi connectivity index (χ3n) is 4.11. The molecule has 1 aromatic rings. The Balaban J connectivity index is 1.90. The Kier molecular flexibility index (Phi) is 3.01. The number of anilines is 1. The number of amides is 3. The molecule has 2 atom stereocenters. The molecule has 19 heavy (non-hydrogen) atoms. The summed E-state index contributed by atoms with van der Waals surface area (Å²) in [5.74, 6) is -0.0925. The fourth-order valence-electron chi connectivity index (χ4n) is 3.03. The summed E-state index contributed by atoms with van der Waals surface area (Å²) in [4.78, 5) is 26.0. The molecule has 100 valence electrons. The summed E-state index contributed by atoms with van der Waals surface area (Å²) < 4.78 is 0. The number of rotatable bonds is 1. The van der Waals surface area contributed by atoms with Gasteiger partial charge in [-0.3, -0.25) is 4.79 Å². The smallest absolute Gasteiger partial charge is 0.328 e. The van der Waals surface area contributed by atoms with Crippen LogP contribution in [0.25, 0.3) is 0 Å². The van der Waals surface area contributed by atoms with Gasteiger partial charge in [0, 0.05) is 6.04 Å². The number of urea groups is 1. The van der Waals surface area contributed by atoms with Gasteiger partial charge in [0.15, 0.2) is 0 Å². The van der Waals surface area contributed by atoms with Crippen molar-refractivity contribution in [3.63, 3.8) is 0 Å². The molecular formula is C15H18N2O2. The van der Waals surface area contributed by atoms with Gasteiger partial charge in [-0.1, -0.05) is 30.5 Å². The first-order chi connectivity index (χ1) is 9.16. The van der Waals surface area contributed by atoms with Crippen LogP contribution in [0.15, 0.2) is 24.3 Å². The lowest BCUT2D eigenvalue weighted by Gasteiger charge is -2.39. The van der Waals surface area contributed by atoms with Gasteiger partial charge in [0.1, 0.15) is 0 Å². The van der Waals surface area contributed by atoms with Crippen molar-refractivity contribution in [1.82, 2.24) is 5.32 Å². The Hall–Kier alpha value is -1.84. The van der Waals surface area contributed by atoms with Crippen LogP contribution < -0.4 is 10.2 Å². The van der Waals surface area contributed by atoms with E-state index >= 15 is 0 Å². The molecular weight excluding hydrogens is 240 g/mol. The van der Waals surface area contributed by atoms with Gasteiger partial charge in [-0.15, -0.1) is 0 Å². The number of nitrogens with one attached hydrogen (secondary N) is 1. The van der Waals surface area contributed by atoms with Crippen molar-refractivity contribution in [3.8, 4) is 0 Å². The molecule has 0 bridgehead atoms. The van der Waals surface area contributed by atoms with Crippen molar-refractivity contribution in [2.45, 2.75) is 38.6 Å². The maximum absolute atomic E-state index is 12.5. The van der Waals surface area contributed by atoms with E-state index in [1.807, 2.05) is 31.2 Å². The van der Waals surface area contributed by atoms with Crippen molar-refractivity contribution in [2.24, 2.45) is 5.92 Å². The van der Waals surface area contributed by atoms with E-state index in [0.29, 0.717) is 5.69 Å². The molecule has 2 fully saturated rings. The average molecular weight is 258 g/mol. The van der Waals surface area contributed by atoms with E-state index in [2.05, 4.69) is 5.32 Å². The first-order valence-corrected chi connectivity index (χ1v) is 6.88. The minimum absolute atomic E-state index is 0.0375. The second kappa shape index (κ2) is 4.68. The highest BCUT2D eigenvalue weighted by Gasteiger charge is 2.42. The molecule has 0 aromatic heterocycles. The normalized spacial score (nSPS) is 26.9. The van der Waals surface area contributed by atoms with Crippen LogP contribution in [0.3, 0.4) is 0 Å². The van der Waals surface area contributed by atoms with Gasteiger partial charge >= 0.3 is 6.03 Å². The van der Waals surface area contributed by atoms with E-state index in [1.165, 1.54) is 4.90 Å². The summed E-state index contributed by atoms with van der Waals surface area (Å²) in [6.07, 6.45) is 3.97. The molecule has 1 aliphatic heterocycles. The quantitative estimate of drug-likeness (QED) is 0.841. The van der Waals surface area contributed by atoms with Crippen LogP contribution in [0, 0.1) is 12.8 Å². The Morgan fingerprint density at radius 3 is 2.53 bits per heavy atom. The van der Waals surface area contributed by atoms with E-state index in [9.17, 15) is 9.59 Å². The highest BCUT2D eigenvalue weighted by molar-refractivity contribution is 6.17. The summed E-state index contributed by atoms with van der Waals surface area (Å²) in [6, 6.07) is 7.25. The second-order valence-electron chi connectivity index (χ2n) is 5.46. The number of carbonyl (C=O) groups excluding carboxylic acids is 2. The Bertz CT molecular complexity index is 509. The van der Waals surface area contributed by atoms with E-state index in [4.69, 9.17) is 0 Å². The number of hydrogen-bond acceptors (Lipinski definition) is 2. The molecule has 4 heteroatoms. The van der Waals surface area contributed by atoms with Crippen molar-refractivity contribution >= 4 is 17.6 Å². The summed E-state index contributed by atoms with van der Waals surface area (Å²) in [7, 11) is 0. The van der Waals surface area contributed by atoms with Gasteiger partial charge in [0.05, 0.1) is 11.6 Å². The standard InChI is InChI=1S/C15H18N2O2/c1-10-6-8-11(9-7-10)17-14(18)12-4-2-3-5-13(12)16-15(17)19/h6-9,12-13H,2-5H2,1H3,(H,16,19). The van der Waals surface area contributed by atoms with Crippen molar-refractivity contribution in [1.29, 1.82) is 0 Å². The van der Waals surface area contributed by atoms with E-state index in [-0.39, 0.29) is 23.9 Å². The van der Waals surface area contributed by atoms with Crippen LogP contribution >= 0.6 is 0 Å². The highest BCUT2D eigenvalue weighted by atomic mass is 16.2. The predicted octanol–water partition coefficient (Wildman–Crippen LogP) is 2.61. The number of fused-ring (bicyclic) bond motifs is 1. The second-order valence-corrected chi connectivity index (χ2v) is 5.46. The van der Waals surface area contributed by atoms with E-state index in [1.54, 1.807) is 0 Å². The first-order valence-electron chi connectivity index (χ1n) is 6.88. The first kappa shape index (κ1) is 12.2. The van der Waals surface area contributed by atoms with Crippen molar-refractivity contribution < 1.29 is 9.59 Å². The third-order valence-corrected chi connectivity index (χ3v) is 4.11. The molecule has 1 aromatic carbocycles. The van der Waals surface area contributed by atoms with Crippen LogP contribution in [-0.2, 0) is 4.79 Å². The summed E-state index contributed by atoms with van der Waals surface area (Å²) in [5.41, 5.74) is 1.78. The largest absolute Gasteiger partial charge is 0.334 e. The van der Waals surface area contributed by atoms with Crippen LogP contribution in [0.1, 0.15) is 31.2 Å². The molecule has 2 unspecified atom stereocenters. The topological polar surface area (TPSA) is 49.4 Å². The zero-order chi connectivity index (χ0) is 13.4. The molecule has 1 aliphatic carbocycles. The molecule has 1 saturated heterocycles. The van der Waals surface area contributed by atoms with Crippen LogP contribution in [0.4, 0.5) is 10.5 Å². The Morgan fingerprint density at radius 1 is 1.11 bits per heavy atom. The minimum atomic E-state index is -0.281. The van der Waals surface area contributed by atoms with Gasteiger partial charge in [-0.2, -0.15) is 0 Å². The molecule has 1 saturated carbocycles. The molecule has 3 rings (SSSR count). The van der Waals surface area contributed by atoms with Crippen LogP contribution in [-0.4, -0.2) is 18.0 Å². The molecule has 0 radical (unpaired) electrons. The van der Waals surface area contributed by atoms with Crippen molar-refractivity contribution in [3.05, 3.63) is 29.8 Å². The number of carbonyl (C=O) groups is 2. The summed E-state index contributed by atoms with van der Waals surface area (Å²) >= 11 is 0. The van der Waals surface area contributed by atoms with Gasteiger partial charge in [-0.05, 0) is 31.9 Å². The number of benzene rings is 1. The Morgan fingerprint density at radius 2 is 1.79 bits per heavy atom. The van der Waals surface area contributed by atoms with Gasteiger partial charge in [0.25, 0.3) is 0 Å². The monoisotopic (exact) mass is 258 g/mol. The lowest BCUT2D eigenvalue weighted by Crippen LogP contribution is -2.61. The average Bonchev–Trinajstić information content (AvgIpc) is 2.41. The Labute approximate surface area is 112 Å². The number of nitrogens with zero attached hydrogens (tertiary/aromatic N) is 1. The molecule has 2 aliphatic rings. The fourth-order valence-corrected chi connectivity index (χ4v) is 3.03. The van der Waals surface area contributed by atoms with Gasteiger partial charge in [-0.25, -0.2) is 9.69 Å². The van der Waals surface area contributed by atoms with Crippen LogP contribution in [0.5, 0.6) is 0 Å². The minimum Gasteiger partial charge on any atom is -0.334 e. The van der Waals surface area contributed by atoms with E-state index < -0.39 is 0 Å². The number of imide groups is 1. The zero-order valence-corrected chi connectivity index (χ0v) is 11.1. The van der Waals surface area contributed by atoms with E-state index in [0.717, 1.165) is 31.2 Å². The molecule has 4 nitrogen and oxygen atoms in total. The lowest BCUT2D eigenvalue weighted by atomic mass is 9.82. The molecule has 3 amide bonds. The number of aryl methyl sites for hydroxylation is 1. The molecule has 1 N–H and O–H groups in total. The maximum Gasteiger partial charge on any atom is 0.328 e. The third kappa shape index (κ3) is 2.11. The van der Waals surface area contributed by atoms with Gasteiger partial charge < -0.3 is 5.32 Å². The number of hydrogen-bond donors (Lipinski definition) is 1. The summed E-state index contributed by atoms with van der Waals surface area (Å²) in [5, 5.41) is 2.98. The molecule has 1 heterocycles. The van der Waals surface area contributed by atoms with Crippen molar-refractivity contribution in [2.75, 3.05) is 4.90 Å². The summed E-state index contributed by atoms with van der Waals surface area (Å²) in [6.45, 7) is 1.99. The lowest BCUT2D eigenvalue weighted by molar-refractivity contribution is -0.124. The zero-order valence-electron chi connectivity index (χ0n) is 11.1. The van der Waals surface area contributed by atoms with Crippen LogP contribution in [0.2, 0.25) is 0 Å².